The van der Waals surface area contributed by atoms with E-state index in [-0.39, 0.29) is 6.04 Å². The van der Waals surface area contributed by atoms with Gasteiger partial charge in [-0.1, -0.05) is 0 Å². The molecule has 3 N–H and O–H groups in total. The molecule has 0 spiro atoms. The molecule has 1 aromatic heterocycles. The first-order valence-corrected chi connectivity index (χ1v) is 6.20. The zero-order chi connectivity index (χ0) is 11.8. The fourth-order valence-corrected chi connectivity index (χ4v) is 1.63. The number of aromatic nitrogens is 1. The number of hydrogen-bond donors (Lipinski definition) is 2. The second-order valence-electron chi connectivity index (χ2n) is 3.52. The minimum absolute atomic E-state index is 0.209. The molecule has 1 heterocycles. The van der Waals surface area contributed by atoms with E-state index in [0.29, 0.717) is 0 Å². The second-order valence-corrected chi connectivity index (χ2v) is 4.44. The summed E-state index contributed by atoms with van der Waals surface area (Å²) in [5.41, 5.74) is 3.82. The van der Waals surface area contributed by atoms with Crippen molar-refractivity contribution in [3.63, 3.8) is 0 Å². The topological polar surface area (TPSA) is 60.2 Å². The van der Waals surface area contributed by atoms with Gasteiger partial charge in [-0.2, -0.15) is 0 Å². The molecule has 1 unspecified atom stereocenters. The van der Waals surface area contributed by atoms with Crippen LogP contribution in [0.4, 0.5) is 0 Å². The van der Waals surface area contributed by atoms with Crippen molar-refractivity contribution in [1.82, 2.24) is 10.4 Å². The van der Waals surface area contributed by atoms with E-state index >= 15 is 0 Å². The van der Waals surface area contributed by atoms with Gasteiger partial charge in [0.15, 0.2) is 0 Å². The van der Waals surface area contributed by atoms with E-state index in [0.717, 1.165) is 36.2 Å². The minimum Gasteiger partial charge on any atom is -0.382 e. The maximum atomic E-state index is 5.49. The van der Waals surface area contributed by atoms with Crippen LogP contribution in [-0.4, -0.2) is 24.2 Å². The van der Waals surface area contributed by atoms with Crippen LogP contribution in [0.1, 0.15) is 19.0 Å². The lowest BCUT2D eigenvalue weighted by molar-refractivity contribution is 0.136. The number of hydrogen-bond acceptors (Lipinski definition) is 4. The summed E-state index contributed by atoms with van der Waals surface area (Å²) in [6.45, 7) is 3.46. The first-order chi connectivity index (χ1) is 7.76. The van der Waals surface area contributed by atoms with Gasteiger partial charge in [0.1, 0.15) is 0 Å². The highest BCUT2D eigenvalue weighted by Crippen LogP contribution is 2.09. The van der Waals surface area contributed by atoms with Gasteiger partial charge in [-0.25, -0.2) is 0 Å². The van der Waals surface area contributed by atoms with Crippen molar-refractivity contribution in [2.45, 2.75) is 25.8 Å². The van der Waals surface area contributed by atoms with Crippen molar-refractivity contribution in [3.05, 3.63) is 28.5 Å². The summed E-state index contributed by atoms with van der Waals surface area (Å²) in [6.07, 6.45) is 3.50. The molecule has 16 heavy (non-hydrogen) atoms. The molecule has 1 rings (SSSR count). The van der Waals surface area contributed by atoms with Crippen LogP contribution in [0.5, 0.6) is 0 Å². The fraction of sp³-hybridized carbons (Fsp3) is 0.545. The number of nitrogens with two attached hydrogens (primary N) is 1. The molecule has 0 aromatic carbocycles. The monoisotopic (exact) mass is 287 g/mol. The third-order valence-electron chi connectivity index (χ3n) is 2.29. The summed E-state index contributed by atoms with van der Waals surface area (Å²) < 4.78 is 6.29. The summed E-state index contributed by atoms with van der Waals surface area (Å²) in [6, 6.07) is 4.19. The van der Waals surface area contributed by atoms with Crippen LogP contribution in [0.3, 0.4) is 0 Å². The molecule has 0 radical (unpaired) electrons. The van der Waals surface area contributed by atoms with Crippen molar-refractivity contribution in [3.8, 4) is 0 Å². The largest absolute Gasteiger partial charge is 0.382 e. The van der Waals surface area contributed by atoms with Crippen molar-refractivity contribution in [2.24, 2.45) is 5.84 Å². The van der Waals surface area contributed by atoms with E-state index in [4.69, 9.17) is 10.6 Å². The smallest absolute Gasteiger partial charge is 0.0481 e. The highest BCUT2D eigenvalue weighted by Gasteiger charge is 2.08. The molecule has 0 aliphatic rings. The number of rotatable bonds is 7. The van der Waals surface area contributed by atoms with Crippen LogP contribution in [0.2, 0.25) is 0 Å². The van der Waals surface area contributed by atoms with Crippen molar-refractivity contribution >= 4 is 15.9 Å². The van der Waals surface area contributed by atoms with E-state index in [1.165, 1.54) is 0 Å². The molecule has 0 saturated heterocycles. The molecule has 0 amide bonds. The number of pyridine rings is 1. The quantitative estimate of drug-likeness (QED) is 0.455. The van der Waals surface area contributed by atoms with Crippen LogP contribution in [-0.2, 0) is 11.2 Å². The highest BCUT2D eigenvalue weighted by atomic mass is 79.9. The molecule has 1 atom stereocenters. The average Bonchev–Trinajstić information content (AvgIpc) is 2.31. The molecule has 0 aliphatic heterocycles. The van der Waals surface area contributed by atoms with E-state index in [9.17, 15) is 0 Å². The Morgan fingerprint density at radius 1 is 1.56 bits per heavy atom. The Morgan fingerprint density at radius 3 is 2.94 bits per heavy atom. The number of nitrogens with zero attached hydrogens (tertiary/aromatic N) is 1. The van der Waals surface area contributed by atoms with Gasteiger partial charge in [0.05, 0.1) is 0 Å². The normalized spacial score (nSPS) is 12.7. The number of halogens is 1. The molecule has 0 fully saturated rings. The van der Waals surface area contributed by atoms with E-state index in [1.807, 2.05) is 19.1 Å². The van der Waals surface area contributed by atoms with Gasteiger partial charge in [0.25, 0.3) is 0 Å². The Bertz CT molecular complexity index is 292. The Labute approximate surface area is 105 Å². The predicted molar refractivity (Wildman–Crippen MR) is 67.9 cm³/mol. The van der Waals surface area contributed by atoms with Gasteiger partial charge in [0.2, 0.25) is 0 Å². The lowest BCUT2D eigenvalue weighted by Gasteiger charge is -2.15. The van der Waals surface area contributed by atoms with Crippen LogP contribution in [0.15, 0.2) is 22.8 Å². The Balaban J connectivity index is 2.40. The van der Waals surface area contributed by atoms with Gasteiger partial charge in [0, 0.05) is 42.0 Å². The maximum Gasteiger partial charge on any atom is 0.0481 e. The van der Waals surface area contributed by atoms with Gasteiger partial charge in [-0.15, -0.1) is 0 Å². The molecular weight excluding hydrogens is 270 g/mol. The third-order valence-corrected chi connectivity index (χ3v) is 2.76. The van der Waals surface area contributed by atoms with Gasteiger partial charge in [-0.05, 0) is 41.4 Å². The zero-order valence-electron chi connectivity index (χ0n) is 9.45. The SMILES string of the molecule is CCOCCC(Cc1ccc(Br)cn1)NN. The van der Waals surface area contributed by atoms with Crippen LogP contribution >= 0.6 is 15.9 Å². The first kappa shape index (κ1) is 13.6. The summed E-state index contributed by atoms with van der Waals surface area (Å²) >= 11 is 3.36. The number of hydrazine groups is 1. The zero-order valence-corrected chi connectivity index (χ0v) is 11.0. The summed E-state index contributed by atoms with van der Waals surface area (Å²) in [4.78, 5) is 4.31. The first-order valence-electron chi connectivity index (χ1n) is 5.40. The highest BCUT2D eigenvalue weighted by molar-refractivity contribution is 9.10. The standard InChI is InChI=1S/C11H18BrN3O/c1-2-16-6-5-11(15-13)7-10-4-3-9(12)8-14-10/h3-4,8,11,15H,2,5-7,13H2,1H3. The molecule has 0 aliphatic carbocycles. The lowest BCUT2D eigenvalue weighted by Crippen LogP contribution is -2.37. The summed E-state index contributed by atoms with van der Waals surface area (Å²) in [5, 5.41) is 0. The maximum absolute atomic E-state index is 5.49. The Kier molecular flexibility index (Phi) is 6.56. The Hall–Kier alpha value is -0.490. The van der Waals surface area contributed by atoms with Crippen LogP contribution in [0.25, 0.3) is 0 Å². The third kappa shape index (κ3) is 5.03. The van der Waals surface area contributed by atoms with Gasteiger partial charge in [-0.3, -0.25) is 16.3 Å². The van der Waals surface area contributed by atoms with Crippen molar-refractivity contribution in [2.75, 3.05) is 13.2 Å². The van der Waals surface area contributed by atoms with E-state index in [2.05, 4.69) is 26.3 Å². The number of nitrogens with one attached hydrogen (secondary N) is 1. The molecule has 90 valence electrons. The number of ether oxygens (including phenoxy) is 1. The molecule has 0 saturated carbocycles. The lowest BCUT2D eigenvalue weighted by atomic mass is 10.1. The molecule has 4 nitrogen and oxygen atoms in total. The van der Waals surface area contributed by atoms with E-state index in [1.54, 1.807) is 6.20 Å². The van der Waals surface area contributed by atoms with E-state index < -0.39 is 0 Å². The summed E-state index contributed by atoms with van der Waals surface area (Å²) in [7, 11) is 0. The molecule has 5 heteroatoms. The molecular formula is C11H18BrN3O. The van der Waals surface area contributed by atoms with Crippen molar-refractivity contribution in [1.29, 1.82) is 0 Å². The predicted octanol–water partition coefficient (Wildman–Crippen LogP) is 1.65. The summed E-state index contributed by atoms with van der Waals surface area (Å²) in [5.74, 6) is 5.49. The van der Waals surface area contributed by atoms with Crippen LogP contribution in [0, 0.1) is 0 Å². The van der Waals surface area contributed by atoms with Crippen molar-refractivity contribution < 1.29 is 4.74 Å². The fourth-order valence-electron chi connectivity index (χ4n) is 1.39. The van der Waals surface area contributed by atoms with Gasteiger partial charge < -0.3 is 4.74 Å². The minimum atomic E-state index is 0.209. The second kappa shape index (κ2) is 7.73. The molecule has 0 bridgehead atoms. The van der Waals surface area contributed by atoms with Crippen LogP contribution < -0.4 is 11.3 Å². The Morgan fingerprint density at radius 2 is 2.38 bits per heavy atom. The van der Waals surface area contributed by atoms with Gasteiger partial charge >= 0.3 is 0 Å². The average molecular weight is 288 g/mol. The molecule has 1 aromatic rings.